The Bertz CT molecular complexity index is 816. The molecule has 1 fully saturated rings. The summed E-state index contributed by atoms with van der Waals surface area (Å²) in [6.07, 6.45) is 2.35. The molecule has 1 N–H and O–H groups in total. The van der Waals surface area contributed by atoms with Crippen molar-refractivity contribution in [2.75, 3.05) is 0 Å². The van der Waals surface area contributed by atoms with E-state index < -0.39 is 6.43 Å². The fourth-order valence-corrected chi connectivity index (χ4v) is 3.78. The van der Waals surface area contributed by atoms with Gasteiger partial charge in [-0.05, 0) is 57.6 Å². The Morgan fingerprint density at radius 2 is 2.00 bits per heavy atom. The number of hydrogen-bond acceptors (Lipinski definition) is 3. The molecule has 0 radical (unpaired) electrons. The van der Waals surface area contributed by atoms with Gasteiger partial charge in [0.1, 0.15) is 5.69 Å². The SMILES string of the molecule is Cc1cc(C(F)F)n(CC2CCC(NC(=O)c3cc(Cl)cnc3C)CC2)n1. The molecule has 1 aliphatic carbocycles. The predicted octanol–water partition coefficient (Wildman–Crippen LogP) is 4.47. The summed E-state index contributed by atoms with van der Waals surface area (Å²) >= 11 is 5.93. The molecule has 5 nitrogen and oxygen atoms in total. The lowest BCUT2D eigenvalue weighted by Gasteiger charge is -2.29. The maximum absolute atomic E-state index is 13.1. The van der Waals surface area contributed by atoms with Crippen LogP contribution in [0.3, 0.4) is 0 Å². The van der Waals surface area contributed by atoms with E-state index in [1.807, 2.05) is 0 Å². The molecule has 0 saturated heterocycles. The van der Waals surface area contributed by atoms with Gasteiger partial charge in [0.25, 0.3) is 12.3 Å². The highest BCUT2D eigenvalue weighted by atomic mass is 35.5. The Morgan fingerprint density at radius 1 is 1.30 bits per heavy atom. The summed E-state index contributed by atoms with van der Waals surface area (Å²) in [5.41, 5.74) is 1.71. The number of carbonyl (C=O) groups is 1. The van der Waals surface area contributed by atoms with Crippen molar-refractivity contribution in [3.05, 3.63) is 46.0 Å². The van der Waals surface area contributed by atoms with Crippen molar-refractivity contribution in [2.45, 2.75) is 58.5 Å². The average Bonchev–Trinajstić information content (AvgIpc) is 2.99. The Balaban J connectivity index is 1.55. The Hall–Kier alpha value is -2.02. The van der Waals surface area contributed by atoms with Crippen molar-refractivity contribution < 1.29 is 13.6 Å². The first-order valence-corrected chi connectivity index (χ1v) is 9.46. The number of rotatable bonds is 5. The van der Waals surface area contributed by atoms with Crippen LogP contribution in [0, 0.1) is 19.8 Å². The van der Waals surface area contributed by atoms with Gasteiger partial charge in [-0.25, -0.2) is 8.78 Å². The van der Waals surface area contributed by atoms with Crippen LogP contribution in [0.5, 0.6) is 0 Å². The minimum absolute atomic E-state index is 0.0214. The number of amides is 1. The molecule has 2 heterocycles. The van der Waals surface area contributed by atoms with Gasteiger partial charge < -0.3 is 5.32 Å². The fourth-order valence-electron chi connectivity index (χ4n) is 3.62. The number of aryl methyl sites for hydroxylation is 2. The maximum atomic E-state index is 13.1. The zero-order valence-electron chi connectivity index (χ0n) is 15.4. The molecule has 2 aromatic heterocycles. The van der Waals surface area contributed by atoms with E-state index in [2.05, 4.69) is 15.4 Å². The first-order valence-electron chi connectivity index (χ1n) is 9.09. The minimum atomic E-state index is -2.52. The first kappa shape index (κ1) is 19.7. The third-order valence-electron chi connectivity index (χ3n) is 5.07. The van der Waals surface area contributed by atoms with Crippen molar-refractivity contribution in [3.63, 3.8) is 0 Å². The number of halogens is 3. The highest BCUT2D eigenvalue weighted by Gasteiger charge is 2.25. The molecule has 0 aromatic carbocycles. The smallest absolute Gasteiger partial charge is 0.280 e. The Labute approximate surface area is 162 Å². The van der Waals surface area contributed by atoms with Crippen molar-refractivity contribution in [3.8, 4) is 0 Å². The second-order valence-electron chi connectivity index (χ2n) is 7.17. The third-order valence-corrected chi connectivity index (χ3v) is 5.27. The van der Waals surface area contributed by atoms with Crippen molar-refractivity contribution >= 4 is 17.5 Å². The summed E-state index contributed by atoms with van der Waals surface area (Å²) in [6.45, 7) is 3.99. The Kier molecular flexibility index (Phi) is 6.09. The van der Waals surface area contributed by atoms with Gasteiger partial charge in [0.2, 0.25) is 0 Å². The van der Waals surface area contributed by atoms with Crippen molar-refractivity contribution in [1.82, 2.24) is 20.1 Å². The second-order valence-corrected chi connectivity index (χ2v) is 7.61. The van der Waals surface area contributed by atoms with Gasteiger partial charge in [-0.15, -0.1) is 0 Å². The zero-order valence-corrected chi connectivity index (χ0v) is 16.1. The third kappa shape index (κ3) is 4.83. The normalized spacial score (nSPS) is 20.1. The van der Waals surface area contributed by atoms with Gasteiger partial charge in [-0.1, -0.05) is 11.6 Å². The lowest BCUT2D eigenvalue weighted by Crippen LogP contribution is -2.38. The molecule has 0 spiro atoms. The van der Waals surface area contributed by atoms with Crippen molar-refractivity contribution in [2.24, 2.45) is 5.92 Å². The predicted molar refractivity (Wildman–Crippen MR) is 99.1 cm³/mol. The molecule has 0 unspecified atom stereocenters. The van der Waals surface area contributed by atoms with E-state index >= 15 is 0 Å². The number of nitrogens with one attached hydrogen (secondary N) is 1. The molecule has 1 aliphatic rings. The van der Waals surface area contributed by atoms with Gasteiger partial charge in [0, 0.05) is 18.8 Å². The van der Waals surface area contributed by atoms with E-state index in [1.165, 1.54) is 16.9 Å². The zero-order chi connectivity index (χ0) is 19.6. The number of pyridine rings is 1. The van der Waals surface area contributed by atoms with Crippen LogP contribution >= 0.6 is 11.6 Å². The summed E-state index contributed by atoms with van der Waals surface area (Å²) in [5.74, 6) is 0.109. The topological polar surface area (TPSA) is 59.8 Å². The molecule has 0 atom stereocenters. The van der Waals surface area contributed by atoms with Crippen LogP contribution in [-0.2, 0) is 6.54 Å². The number of carbonyl (C=O) groups excluding carboxylic acids is 1. The molecule has 2 aromatic rings. The van der Waals surface area contributed by atoms with E-state index in [-0.39, 0.29) is 23.6 Å². The van der Waals surface area contributed by atoms with E-state index in [9.17, 15) is 13.6 Å². The number of hydrogen-bond donors (Lipinski definition) is 1. The number of nitrogens with zero attached hydrogens (tertiary/aromatic N) is 3. The summed E-state index contributed by atoms with van der Waals surface area (Å²) < 4.78 is 27.6. The highest BCUT2D eigenvalue weighted by molar-refractivity contribution is 6.30. The summed E-state index contributed by atoms with van der Waals surface area (Å²) in [7, 11) is 0. The van der Waals surface area contributed by atoms with Crippen LogP contribution in [0.4, 0.5) is 8.78 Å². The van der Waals surface area contributed by atoms with Crippen LogP contribution < -0.4 is 5.32 Å². The molecule has 1 saturated carbocycles. The number of aromatic nitrogens is 3. The van der Waals surface area contributed by atoms with Crippen molar-refractivity contribution in [1.29, 1.82) is 0 Å². The van der Waals surface area contributed by atoms with Gasteiger partial charge in [-0.3, -0.25) is 14.5 Å². The number of alkyl halides is 2. The minimum Gasteiger partial charge on any atom is -0.349 e. The van der Waals surface area contributed by atoms with Crippen LogP contribution in [0.25, 0.3) is 0 Å². The summed E-state index contributed by atoms with van der Waals surface area (Å²) in [5, 5.41) is 7.67. The molecule has 1 amide bonds. The summed E-state index contributed by atoms with van der Waals surface area (Å²) in [6, 6.07) is 3.13. The van der Waals surface area contributed by atoms with E-state index in [0.717, 1.165) is 25.7 Å². The molecule has 146 valence electrons. The molecular formula is C19H23ClF2N4O. The fraction of sp³-hybridized carbons (Fsp3) is 0.526. The molecule has 3 rings (SSSR count). The van der Waals surface area contributed by atoms with Crippen LogP contribution in [0.1, 0.15) is 59.5 Å². The molecule has 27 heavy (non-hydrogen) atoms. The largest absolute Gasteiger partial charge is 0.349 e. The first-order chi connectivity index (χ1) is 12.8. The molecular weight excluding hydrogens is 374 g/mol. The highest BCUT2D eigenvalue weighted by Crippen LogP contribution is 2.28. The lowest BCUT2D eigenvalue weighted by atomic mass is 9.86. The van der Waals surface area contributed by atoms with Gasteiger partial charge in [-0.2, -0.15) is 5.10 Å². The average molecular weight is 397 g/mol. The van der Waals surface area contributed by atoms with Gasteiger partial charge >= 0.3 is 0 Å². The van der Waals surface area contributed by atoms with Crippen LogP contribution in [0.15, 0.2) is 18.3 Å². The van der Waals surface area contributed by atoms with Crippen LogP contribution in [-0.4, -0.2) is 26.7 Å². The summed E-state index contributed by atoms with van der Waals surface area (Å²) in [4.78, 5) is 16.6. The monoisotopic (exact) mass is 396 g/mol. The standard InChI is InChI=1S/C19H23ClF2N4O/c1-11-7-17(18(21)22)26(25-11)10-13-3-5-15(6-4-13)24-19(27)16-8-14(20)9-23-12(16)2/h7-9,13,15,18H,3-6,10H2,1-2H3,(H,24,27). The second kappa shape index (κ2) is 8.33. The van der Waals surface area contributed by atoms with E-state index in [4.69, 9.17) is 11.6 Å². The maximum Gasteiger partial charge on any atom is 0.280 e. The van der Waals surface area contributed by atoms with E-state index in [1.54, 1.807) is 19.9 Å². The van der Waals surface area contributed by atoms with Crippen LogP contribution in [0.2, 0.25) is 5.02 Å². The van der Waals surface area contributed by atoms with E-state index in [0.29, 0.717) is 28.5 Å². The molecule has 8 heteroatoms. The quantitative estimate of drug-likeness (QED) is 0.810. The lowest BCUT2D eigenvalue weighted by molar-refractivity contribution is 0.0917. The molecule has 0 aliphatic heterocycles. The molecule has 0 bridgehead atoms. The van der Waals surface area contributed by atoms with Gasteiger partial charge in [0.05, 0.1) is 22.0 Å². The van der Waals surface area contributed by atoms with Gasteiger partial charge in [0.15, 0.2) is 0 Å². The Morgan fingerprint density at radius 3 is 2.67 bits per heavy atom.